The third-order valence-corrected chi connectivity index (χ3v) is 2.23. The van der Waals surface area contributed by atoms with E-state index in [0.717, 1.165) is 0 Å². The molecule has 1 aliphatic heterocycles. The summed E-state index contributed by atoms with van der Waals surface area (Å²) in [6, 6.07) is 0.106. The van der Waals surface area contributed by atoms with Crippen LogP contribution >= 0.6 is 0 Å². The number of rotatable bonds is 1. The number of ether oxygens (including phenoxy) is 2. The van der Waals surface area contributed by atoms with Gasteiger partial charge < -0.3 is 14.8 Å². The zero-order valence-electron chi connectivity index (χ0n) is 8.61. The first-order chi connectivity index (χ1) is 6.47. The molecule has 2 rings (SSSR count). The van der Waals surface area contributed by atoms with Gasteiger partial charge in [-0.25, -0.2) is 4.79 Å². The molecule has 0 aromatic carbocycles. The smallest absolute Gasteiger partial charge is 0.408 e. The van der Waals surface area contributed by atoms with Crippen molar-refractivity contribution in [2.45, 2.75) is 38.5 Å². The van der Waals surface area contributed by atoms with Crippen molar-refractivity contribution < 1.29 is 14.3 Å². The van der Waals surface area contributed by atoms with Gasteiger partial charge in [0.15, 0.2) is 0 Å². The first-order valence-electron chi connectivity index (χ1n) is 4.79. The van der Waals surface area contributed by atoms with E-state index in [2.05, 4.69) is 5.32 Å². The lowest BCUT2D eigenvalue weighted by Crippen LogP contribution is -2.35. The number of nitrogens with one attached hydrogen (secondary N) is 1. The lowest BCUT2D eigenvalue weighted by molar-refractivity contribution is 0.0511. The van der Waals surface area contributed by atoms with Gasteiger partial charge in [-0.1, -0.05) is 0 Å². The average molecular weight is 197 g/mol. The van der Waals surface area contributed by atoms with Gasteiger partial charge >= 0.3 is 6.09 Å². The Morgan fingerprint density at radius 1 is 1.50 bits per heavy atom. The molecule has 14 heavy (non-hydrogen) atoms. The quantitative estimate of drug-likeness (QED) is 0.691. The highest BCUT2D eigenvalue weighted by molar-refractivity contribution is 5.69. The first-order valence-corrected chi connectivity index (χ1v) is 4.79. The fourth-order valence-corrected chi connectivity index (χ4v) is 1.56. The van der Waals surface area contributed by atoms with E-state index < -0.39 is 5.60 Å². The number of alkyl carbamates (subject to hydrolysis) is 1. The zero-order chi connectivity index (χ0) is 10.3. The van der Waals surface area contributed by atoms with E-state index in [1.807, 2.05) is 26.8 Å². The fourth-order valence-electron chi connectivity index (χ4n) is 1.56. The highest BCUT2D eigenvalue weighted by Gasteiger charge is 2.54. The largest absolute Gasteiger partial charge is 0.495 e. The third-order valence-electron chi connectivity index (χ3n) is 2.23. The van der Waals surface area contributed by atoms with Crippen molar-refractivity contribution in [1.82, 2.24) is 5.32 Å². The Balaban J connectivity index is 1.77. The first kappa shape index (κ1) is 9.37. The molecular weight excluding hydrogens is 182 g/mol. The molecule has 1 heterocycles. The zero-order valence-corrected chi connectivity index (χ0v) is 8.61. The summed E-state index contributed by atoms with van der Waals surface area (Å²) in [7, 11) is 0. The van der Waals surface area contributed by atoms with Gasteiger partial charge in [-0.3, -0.25) is 0 Å². The maximum absolute atomic E-state index is 11.3. The number of hydrogen-bond donors (Lipinski definition) is 1. The van der Waals surface area contributed by atoms with Crippen molar-refractivity contribution >= 4 is 6.09 Å². The van der Waals surface area contributed by atoms with Crippen molar-refractivity contribution in [1.29, 1.82) is 0 Å². The van der Waals surface area contributed by atoms with Gasteiger partial charge in [0.1, 0.15) is 11.7 Å². The van der Waals surface area contributed by atoms with Crippen molar-refractivity contribution in [3.05, 3.63) is 12.3 Å². The van der Waals surface area contributed by atoms with E-state index in [9.17, 15) is 4.79 Å². The monoisotopic (exact) mass is 197 g/mol. The van der Waals surface area contributed by atoms with E-state index in [-0.39, 0.29) is 18.2 Å². The molecule has 1 N–H and O–H groups in total. The molecule has 0 radical (unpaired) electrons. The van der Waals surface area contributed by atoms with Crippen molar-refractivity contribution in [2.75, 3.05) is 0 Å². The SMILES string of the molecule is CC(C)(C)OC(=O)NC1C2C=COC21. The maximum Gasteiger partial charge on any atom is 0.408 e. The Bertz CT molecular complexity index is 280. The third kappa shape index (κ3) is 1.84. The Morgan fingerprint density at radius 3 is 2.71 bits per heavy atom. The summed E-state index contributed by atoms with van der Waals surface area (Å²) in [5.41, 5.74) is -0.440. The van der Waals surface area contributed by atoms with Crippen LogP contribution in [-0.4, -0.2) is 23.8 Å². The molecule has 3 unspecified atom stereocenters. The summed E-state index contributed by atoms with van der Waals surface area (Å²) in [6.45, 7) is 5.53. The summed E-state index contributed by atoms with van der Waals surface area (Å²) in [6.07, 6.45) is 3.42. The second kappa shape index (κ2) is 2.90. The van der Waals surface area contributed by atoms with Gasteiger partial charge in [-0.05, 0) is 26.8 Å². The van der Waals surface area contributed by atoms with E-state index in [1.54, 1.807) is 6.26 Å². The van der Waals surface area contributed by atoms with Crippen molar-refractivity contribution in [3.8, 4) is 0 Å². The Kier molecular flexibility index (Phi) is 1.94. The van der Waals surface area contributed by atoms with Crippen LogP contribution in [0, 0.1) is 5.92 Å². The summed E-state index contributed by atoms with van der Waals surface area (Å²) in [5, 5.41) is 2.78. The molecule has 1 amide bonds. The van der Waals surface area contributed by atoms with Crippen LogP contribution in [0.2, 0.25) is 0 Å². The normalized spacial score (nSPS) is 33.2. The number of fused-ring (bicyclic) bond motifs is 1. The number of hydrogen-bond acceptors (Lipinski definition) is 3. The van der Waals surface area contributed by atoms with Crippen LogP contribution in [0.25, 0.3) is 0 Å². The molecule has 2 aliphatic rings. The number of amides is 1. The van der Waals surface area contributed by atoms with Gasteiger partial charge in [0.25, 0.3) is 0 Å². The van der Waals surface area contributed by atoms with Gasteiger partial charge in [-0.2, -0.15) is 0 Å². The van der Waals surface area contributed by atoms with Crippen LogP contribution in [0.1, 0.15) is 20.8 Å². The molecule has 0 saturated heterocycles. The standard InChI is InChI=1S/C10H15NO3/c1-10(2,3)14-9(12)11-7-6-4-5-13-8(6)7/h4-8H,1-3H3,(H,11,12). The van der Waals surface area contributed by atoms with E-state index in [1.165, 1.54) is 0 Å². The summed E-state index contributed by atoms with van der Waals surface area (Å²) >= 11 is 0. The minimum Gasteiger partial charge on any atom is -0.495 e. The fraction of sp³-hybridized carbons (Fsp3) is 0.700. The lowest BCUT2D eigenvalue weighted by Gasteiger charge is -2.19. The molecular formula is C10H15NO3. The van der Waals surface area contributed by atoms with E-state index in [0.29, 0.717) is 5.92 Å². The molecule has 1 saturated carbocycles. The topological polar surface area (TPSA) is 47.6 Å². The molecule has 1 fully saturated rings. The average Bonchev–Trinajstić information content (AvgIpc) is 2.50. The predicted octanol–water partition coefficient (Wildman–Crippen LogP) is 1.42. The predicted molar refractivity (Wildman–Crippen MR) is 50.7 cm³/mol. The molecule has 3 atom stereocenters. The molecule has 4 heteroatoms. The van der Waals surface area contributed by atoms with Crippen LogP contribution in [0.4, 0.5) is 4.79 Å². The van der Waals surface area contributed by atoms with Gasteiger partial charge in [0.05, 0.1) is 12.3 Å². The Hall–Kier alpha value is -1.19. The van der Waals surface area contributed by atoms with Crippen molar-refractivity contribution in [3.63, 3.8) is 0 Å². The second-order valence-electron chi connectivity index (χ2n) is 4.68. The lowest BCUT2D eigenvalue weighted by atomic mass is 10.2. The number of carbonyl (C=O) groups excluding carboxylic acids is 1. The van der Waals surface area contributed by atoms with Crippen LogP contribution in [0.5, 0.6) is 0 Å². The number of carbonyl (C=O) groups is 1. The summed E-state index contributed by atoms with van der Waals surface area (Å²) in [4.78, 5) is 11.3. The summed E-state index contributed by atoms with van der Waals surface area (Å²) in [5.74, 6) is 0.350. The molecule has 0 spiro atoms. The highest BCUT2D eigenvalue weighted by Crippen LogP contribution is 2.40. The molecule has 0 aromatic rings. The Morgan fingerprint density at radius 2 is 2.21 bits per heavy atom. The van der Waals surface area contributed by atoms with E-state index in [4.69, 9.17) is 9.47 Å². The highest BCUT2D eigenvalue weighted by atomic mass is 16.6. The van der Waals surface area contributed by atoms with Crippen LogP contribution in [0.3, 0.4) is 0 Å². The van der Waals surface area contributed by atoms with Crippen LogP contribution in [-0.2, 0) is 9.47 Å². The molecule has 4 nitrogen and oxygen atoms in total. The minimum atomic E-state index is -0.440. The van der Waals surface area contributed by atoms with E-state index >= 15 is 0 Å². The molecule has 1 aliphatic carbocycles. The Labute approximate surface area is 83.3 Å². The maximum atomic E-state index is 11.3. The summed E-state index contributed by atoms with van der Waals surface area (Å²) < 4.78 is 10.3. The van der Waals surface area contributed by atoms with Gasteiger partial charge in [-0.15, -0.1) is 0 Å². The van der Waals surface area contributed by atoms with Crippen LogP contribution < -0.4 is 5.32 Å². The van der Waals surface area contributed by atoms with Crippen LogP contribution in [0.15, 0.2) is 12.3 Å². The minimum absolute atomic E-state index is 0.106. The molecule has 0 bridgehead atoms. The van der Waals surface area contributed by atoms with Gasteiger partial charge in [0.2, 0.25) is 0 Å². The molecule has 78 valence electrons. The van der Waals surface area contributed by atoms with Gasteiger partial charge in [0, 0.05) is 5.92 Å². The van der Waals surface area contributed by atoms with Crippen molar-refractivity contribution in [2.24, 2.45) is 5.92 Å². The second-order valence-corrected chi connectivity index (χ2v) is 4.68. The molecule has 0 aromatic heterocycles.